The van der Waals surface area contributed by atoms with E-state index in [0.717, 1.165) is 0 Å². The van der Waals surface area contributed by atoms with Crippen LogP contribution in [0.4, 0.5) is 0 Å². The maximum atomic E-state index is 10.2. The second kappa shape index (κ2) is 7.63. The van der Waals surface area contributed by atoms with Gasteiger partial charge in [-0.25, -0.2) is 0 Å². The predicted molar refractivity (Wildman–Crippen MR) is 52.8 cm³/mol. The van der Waals surface area contributed by atoms with E-state index in [0.29, 0.717) is 19.4 Å². The van der Waals surface area contributed by atoms with Crippen LogP contribution in [0.5, 0.6) is 0 Å². The Balaban J connectivity index is 0. The number of carbonyl (C=O) groups is 1. The van der Waals surface area contributed by atoms with Crippen LogP contribution in [0.2, 0.25) is 0 Å². The number of halogens is 1. The third-order valence-corrected chi connectivity index (χ3v) is 1.28. The Labute approximate surface area is 82.6 Å². The number of aliphatic carboxylic acids is 1. The van der Waals surface area contributed by atoms with Crippen LogP contribution in [0.15, 0.2) is 4.99 Å². The average molecular weight is 212 g/mol. The molecule has 0 unspecified atom stereocenters. The van der Waals surface area contributed by atoms with Gasteiger partial charge in [0.2, 0.25) is 0 Å². The van der Waals surface area contributed by atoms with Gasteiger partial charge in [-0.3, -0.25) is 9.79 Å². The summed E-state index contributed by atoms with van der Waals surface area (Å²) in [5, 5.41) is 8.38. The molecule has 0 aromatic carbocycles. The lowest BCUT2D eigenvalue weighted by Crippen LogP contribution is -2.30. The monoisotopic (exact) mass is 211 g/mol. The quantitative estimate of drug-likeness (QED) is 0.198. The molecule has 0 saturated carbocycles. The number of carboxylic acid groups (broad SMARTS) is 1. The summed E-state index contributed by atoms with van der Waals surface area (Å²) in [5.74, 6) is -0.987. The first kappa shape index (κ1) is 14.5. The van der Waals surface area contributed by atoms with Gasteiger partial charge >= 0.3 is 5.97 Å². The van der Waals surface area contributed by atoms with Crippen molar-refractivity contribution in [2.24, 2.45) is 22.2 Å². The highest BCUT2D eigenvalue weighted by molar-refractivity contribution is 5.85. The van der Waals surface area contributed by atoms with Gasteiger partial charge in [-0.05, 0) is 12.8 Å². The lowest BCUT2D eigenvalue weighted by Gasteiger charge is -2.03. The van der Waals surface area contributed by atoms with Crippen LogP contribution in [-0.2, 0) is 4.79 Å². The molecule has 0 rings (SSSR count). The molecule has 13 heavy (non-hydrogen) atoms. The smallest absolute Gasteiger partial charge is 0.320 e. The minimum atomic E-state index is -1.00. The molecule has 0 aromatic heterocycles. The zero-order valence-corrected chi connectivity index (χ0v) is 7.96. The summed E-state index contributed by atoms with van der Waals surface area (Å²) in [5.41, 5.74) is 15.3. The predicted octanol–water partition coefficient (Wildman–Crippen LogP) is -1.13. The van der Waals surface area contributed by atoms with Gasteiger partial charge in [0.05, 0.1) is 0 Å². The van der Waals surface area contributed by atoms with Crippen molar-refractivity contribution in [3.63, 3.8) is 0 Å². The first-order valence-corrected chi connectivity index (χ1v) is 3.58. The highest BCUT2D eigenvalue weighted by Crippen LogP contribution is 1.94. The van der Waals surface area contributed by atoms with Crippen LogP contribution >= 0.6 is 12.4 Å². The van der Waals surface area contributed by atoms with E-state index >= 15 is 0 Å². The van der Waals surface area contributed by atoms with Crippen LogP contribution in [0, 0.1) is 0 Å². The van der Waals surface area contributed by atoms with Crippen molar-refractivity contribution in [2.75, 3.05) is 6.54 Å². The fraction of sp³-hybridized carbons (Fsp3) is 0.667. The van der Waals surface area contributed by atoms with E-state index in [4.69, 9.17) is 22.3 Å². The number of hydrogen-bond donors (Lipinski definition) is 4. The third-order valence-electron chi connectivity index (χ3n) is 1.28. The van der Waals surface area contributed by atoms with Crippen molar-refractivity contribution < 1.29 is 9.90 Å². The summed E-state index contributed by atoms with van der Waals surface area (Å²) in [6, 6.07) is -0.820. The normalized spacial score (nSPS) is 11.2. The Kier molecular flexibility index (Phi) is 8.52. The molecule has 0 fully saturated rings. The number of nitrogens with two attached hydrogens (primary N) is 3. The molecular weight excluding hydrogens is 197 g/mol. The number of guanidine groups is 1. The van der Waals surface area contributed by atoms with Crippen LogP contribution in [0.1, 0.15) is 12.8 Å². The molecule has 0 spiro atoms. The minimum absolute atomic E-state index is 0. The molecule has 7 N–H and O–H groups in total. The Morgan fingerprint density at radius 2 is 2.00 bits per heavy atom. The van der Waals surface area contributed by atoms with E-state index < -0.39 is 12.0 Å². The first-order chi connectivity index (χ1) is 5.54. The average Bonchev–Trinajstić information content (AvgIpc) is 1.97. The maximum Gasteiger partial charge on any atom is 0.320 e. The van der Waals surface area contributed by atoms with Gasteiger partial charge in [-0.2, -0.15) is 0 Å². The Morgan fingerprint density at radius 1 is 1.46 bits per heavy atom. The Hall–Kier alpha value is -1.01. The van der Waals surface area contributed by atoms with Crippen molar-refractivity contribution >= 4 is 24.3 Å². The molecule has 0 bridgehead atoms. The van der Waals surface area contributed by atoms with Crippen molar-refractivity contribution in [2.45, 2.75) is 18.9 Å². The third kappa shape index (κ3) is 8.90. The minimum Gasteiger partial charge on any atom is -0.480 e. The molecule has 78 valence electrons. The molecule has 0 saturated heterocycles. The topological polar surface area (TPSA) is 128 Å². The molecule has 1 atom stereocenters. The molecule has 0 aliphatic heterocycles. The zero-order valence-electron chi connectivity index (χ0n) is 7.14. The van der Waals surface area contributed by atoms with E-state index in [1.54, 1.807) is 0 Å². The van der Waals surface area contributed by atoms with Gasteiger partial charge in [-0.15, -0.1) is 12.4 Å². The van der Waals surface area contributed by atoms with Gasteiger partial charge in [-0.1, -0.05) is 0 Å². The fourth-order valence-electron chi connectivity index (χ4n) is 0.643. The van der Waals surface area contributed by atoms with Gasteiger partial charge < -0.3 is 22.3 Å². The van der Waals surface area contributed by atoms with Gasteiger partial charge in [0.25, 0.3) is 0 Å². The SMILES string of the molecule is Cl.N[C@@H](CCCN=[13C](N)N)C(=O)O. The van der Waals surface area contributed by atoms with Gasteiger partial charge in [0.15, 0.2) is 5.96 Å². The summed E-state index contributed by atoms with van der Waals surface area (Å²) in [6.07, 6.45) is 0.956. The number of hydrogen-bond acceptors (Lipinski definition) is 3. The highest BCUT2D eigenvalue weighted by atomic mass is 35.5. The van der Waals surface area contributed by atoms with E-state index in [1.807, 2.05) is 0 Å². The number of carboxylic acids is 1. The summed E-state index contributed by atoms with van der Waals surface area (Å²) in [7, 11) is 0. The molecule has 0 radical (unpaired) electrons. The van der Waals surface area contributed by atoms with E-state index in [2.05, 4.69) is 4.99 Å². The number of nitrogens with zero attached hydrogens (tertiary/aromatic N) is 1. The van der Waals surface area contributed by atoms with Crippen molar-refractivity contribution in [1.29, 1.82) is 0 Å². The van der Waals surface area contributed by atoms with Gasteiger partial charge in [0, 0.05) is 6.54 Å². The molecule has 0 aliphatic carbocycles. The summed E-state index contributed by atoms with van der Waals surface area (Å²) in [4.78, 5) is 13.9. The van der Waals surface area contributed by atoms with E-state index in [1.165, 1.54) is 0 Å². The molecular formula is C6H15ClN4O2. The highest BCUT2D eigenvalue weighted by Gasteiger charge is 2.09. The second-order valence-electron chi connectivity index (χ2n) is 2.39. The lowest BCUT2D eigenvalue weighted by atomic mass is 10.2. The lowest BCUT2D eigenvalue weighted by molar-refractivity contribution is -0.138. The van der Waals surface area contributed by atoms with Crippen LogP contribution < -0.4 is 17.2 Å². The number of rotatable bonds is 5. The molecule has 0 heterocycles. The Morgan fingerprint density at radius 3 is 2.38 bits per heavy atom. The molecule has 0 aliphatic rings. The summed E-state index contributed by atoms with van der Waals surface area (Å²) >= 11 is 0. The fourth-order valence-corrected chi connectivity index (χ4v) is 0.643. The van der Waals surface area contributed by atoms with Crippen LogP contribution in [0.25, 0.3) is 0 Å². The molecule has 7 heteroatoms. The first-order valence-electron chi connectivity index (χ1n) is 3.58. The number of aliphatic imine (C=N–C) groups is 1. The Bertz CT molecular complexity index is 181. The van der Waals surface area contributed by atoms with Crippen LogP contribution in [0.3, 0.4) is 0 Å². The van der Waals surface area contributed by atoms with Crippen molar-refractivity contribution in [1.82, 2.24) is 0 Å². The van der Waals surface area contributed by atoms with E-state index in [9.17, 15) is 4.79 Å². The second-order valence-corrected chi connectivity index (χ2v) is 2.39. The molecule has 6 nitrogen and oxygen atoms in total. The van der Waals surface area contributed by atoms with Crippen molar-refractivity contribution in [3.05, 3.63) is 0 Å². The van der Waals surface area contributed by atoms with Crippen molar-refractivity contribution in [3.8, 4) is 0 Å². The maximum absolute atomic E-state index is 10.2. The zero-order chi connectivity index (χ0) is 9.56. The largest absolute Gasteiger partial charge is 0.480 e. The standard InChI is InChI=1S/C6H14N4O2.ClH/c7-4(5(11)12)2-1-3-10-6(8)9;/h4H,1-3,7H2,(H,11,12)(H4,8,9,10);1H/t4-;/m0./s1/i6+1;. The van der Waals surface area contributed by atoms with E-state index in [-0.39, 0.29) is 18.4 Å². The molecule has 0 aromatic rings. The van der Waals surface area contributed by atoms with Gasteiger partial charge in [0.1, 0.15) is 6.04 Å². The summed E-state index contributed by atoms with van der Waals surface area (Å²) in [6.45, 7) is 0.420. The molecule has 0 amide bonds. The van der Waals surface area contributed by atoms with Crippen LogP contribution in [-0.4, -0.2) is 29.6 Å². The summed E-state index contributed by atoms with van der Waals surface area (Å²) < 4.78 is 0.